The Labute approximate surface area is 72.0 Å². The highest BCUT2D eigenvalue weighted by molar-refractivity contribution is 4.91. The summed E-state index contributed by atoms with van der Waals surface area (Å²) in [6.07, 6.45) is 1.23. The molecule has 3 nitrogen and oxygen atoms in total. The van der Waals surface area contributed by atoms with E-state index in [0.717, 1.165) is 19.6 Å². The lowest BCUT2D eigenvalue weighted by Crippen LogP contribution is -2.20. The van der Waals surface area contributed by atoms with Crippen molar-refractivity contribution in [3.63, 3.8) is 0 Å². The van der Waals surface area contributed by atoms with Crippen molar-refractivity contribution >= 4 is 0 Å². The van der Waals surface area contributed by atoms with Crippen LogP contribution in [0.25, 0.3) is 0 Å². The minimum absolute atomic E-state index is 0.0373. The van der Waals surface area contributed by atoms with Crippen LogP contribution in [0.15, 0.2) is 0 Å². The van der Waals surface area contributed by atoms with Gasteiger partial charge in [0.25, 0.3) is 0 Å². The van der Waals surface area contributed by atoms with Crippen molar-refractivity contribution in [2.75, 3.05) is 13.2 Å². The summed E-state index contributed by atoms with van der Waals surface area (Å²) in [6.45, 7) is 3.97. The number of fused-ring (bicyclic) bond motifs is 3. The summed E-state index contributed by atoms with van der Waals surface area (Å²) in [5.74, 6) is 1.84. The van der Waals surface area contributed by atoms with E-state index in [2.05, 4.69) is 6.92 Å². The van der Waals surface area contributed by atoms with Gasteiger partial charge in [-0.2, -0.15) is 0 Å². The molecule has 0 aromatic carbocycles. The number of rotatable bonds is 0. The van der Waals surface area contributed by atoms with Crippen molar-refractivity contribution in [2.45, 2.75) is 25.9 Å². The van der Waals surface area contributed by atoms with Crippen LogP contribution >= 0.6 is 0 Å². The first-order valence-electron chi connectivity index (χ1n) is 4.75. The Morgan fingerprint density at radius 3 is 3.00 bits per heavy atom. The van der Waals surface area contributed by atoms with Crippen LogP contribution < -0.4 is 0 Å². The Morgan fingerprint density at radius 1 is 1.17 bits per heavy atom. The quantitative estimate of drug-likeness (QED) is 0.542. The summed E-state index contributed by atoms with van der Waals surface area (Å²) in [5, 5.41) is 0. The lowest BCUT2D eigenvalue weighted by atomic mass is 9.85. The van der Waals surface area contributed by atoms with E-state index in [1.807, 2.05) is 0 Å². The summed E-state index contributed by atoms with van der Waals surface area (Å²) < 4.78 is 16.6. The first kappa shape index (κ1) is 7.30. The van der Waals surface area contributed by atoms with Gasteiger partial charge in [0.15, 0.2) is 12.6 Å². The predicted molar refractivity (Wildman–Crippen MR) is 41.3 cm³/mol. The first-order valence-corrected chi connectivity index (χ1v) is 4.75. The van der Waals surface area contributed by atoms with Gasteiger partial charge in [-0.05, 0) is 12.3 Å². The zero-order valence-corrected chi connectivity index (χ0v) is 7.23. The summed E-state index contributed by atoms with van der Waals surface area (Å²) >= 11 is 0. The van der Waals surface area contributed by atoms with Crippen molar-refractivity contribution < 1.29 is 14.2 Å². The topological polar surface area (TPSA) is 27.7 Å². The summed E-state index contributed by atoms with van der Waals surface area (Å²) in [4.78, 5) is 0. The van der Waals surface area contributed by atoms with Gasteiger partial charge in [0.05, 0.1) is 13.2 Å². The van der Waals surface area contributed by atoms with Crippen LogP contribution in [0.5, 0.6) is 0 Å². The van der Waals surface area contributed by atoms with E-state index in [-0.39, 0.29) is 12.6 Å². The van der Waals surface area contributed by atoms with E-state index >= 15 is 0 Å². The van der Waals surface area contributed by atoms with Gasteiger partial charge in [0.2, 0.25) is 0 Å². The van der Waals surface area contributed by atoms with Crippen LogP contribution in [-0.4, -0.2) is 25.8 Å². The van der Waals surface area contributed by atoms with Gasteiger partial charge in [0, 0.05) is 11.8 Å². The molecule has 0 aromatic heterocycles. The standard InChI is InChI=1S/C9H14O3/c1-5-4-11-9-7(5)6-2-3-10-8(6)12-9/h5-9H,2-4H2,1H3/t5-,6+,7+,8-,9-/m1/s1. The third-order valence-corrected chi connectivity index (χ3v) is 3.34. The molecule has 0 aliphatic carbocycles. The lowest BCUT2D eigenvalue weighted by molar-refractivity contribution is -0.188. The molecule has 3 fully saturated rings. The molecule has 3 aliphatic rings. The predicted octanol–water partition coefficient (Wildman–Crippen LogP) is 0.988. The molecule has 0 amide bonds. The van der Waals surface area contributed by atoms with Crippen LogP contribution in [0.2, 0.25) is 0 Å². The van der Waals surface area contributed by atoms with Crippen LogP contribution in [0, 0.1) is 17.8 Å². The second kappa shape index (κ2) is 2.44. The molecule has 0 aromatic rings. The Bertz CT molecular complexity index is 194. The SMILES string of the molecule is C[C@@H]1CO[C@@H]2O[C@H]3OCC[C@H]3[C@@H]21. The number of ether oxygens (including phenoxy) is 3. The Hall–Kier alpha value is -0.120. The smallest absolute Gasteiger partial charge is 0.164 e. The molecule has 3 rings (SSSR count). The maximum absolute atomic E-state index is 5.64. The summed E-state index contributed by atoms with van der Waals surface area (Å²) in [7, 11) is 0. The Morgan fingerprint density at radius 2 is 2.08 bits per heavy atom. The summed E-state index contributed by atoms with van der Waals surface area (Å²) in [5.41, 5.74) is 0. The molecule has 68 valence electrons. The van der Waals surface area contributed by atoms with Crippen LogP contribution in [0.1, 0.15) is 13.3 Å². The van der Waals surface area contributed by atoms with E-state index in [1.165, 1.54) is 0 Å². The van der Waals surface area contributed by atoms with Gasteiger partial charge < -0.3 is 14.2 Å². The van der Waals surface area contributed by atoms with Crippen LogP contribution in [0.4, 0.5) is 0 Å². The molecule has 0 saturated carbocycles. The van der Waals surface area contributed by atoms with Crippen molar-refractivity contribution in [2.24, 2.45) is 17.8 Å². The van der Waals surface area contributed by atoms with Crippen molar-refractivity contribution in [1.82, 2.24) is 0 Å². The third-order valence-electron chi connectivity index (χ3n) is 3.34. The zero-order valence-electron chi connectivity index (χ0n) is 7.23. The van der Waals surface area contributed by atoms with Gasteiger partial charge >= 0.3 is 0 Å². The third kappa shape index (κ3) is 0.817. The number of hydrogen-bond donors (Lipinski definition) is 0. The molecule has 0 radical (unpaired) electrons. The highest BCUT2D eigenvalue weighted by Gasteiger charge is 2.53. The van der Waals surface area contributed by atoms with Crippen molar-refractivity contribution in [3.05, 3.63) is 0 Å². The molecule has 3 aliphatic heterocycles. The van der Waals surface area contributed by atoms with Gasteiger partial charge in [-0.3, -0.25) is 0 Å². The molecule has 5 atom stereocenters. The molecule has 0 spiro atoms. The van der Waals surface area contributed by atoms with Gasteiger partial charge in [-0.15, -0.1) is 0 Å². The highest BCUT2D eigenvalue weighted by atomic mass is 16.8. The largest absolute Gasteiger partial charge is 0.352 e. The second-order valence-corrected chi connectivity index (χ2v) is 4.08. The molecular formula is C9H14O3. The molecule has 3 heteroatoms. The Kier molecular flexibility index (Phi) is 1.48. The number of hydrogen-bond acceptors (Lipinski definition) is 3. The average Bonchev–Trinajstić information content (AvgIpc) is 2.61. The molecule has 0 N–H and O–H groups in total. The molecule has 3 heterocycles. The normalized spacial score (nSPS) is 57.2. The van der Waals surface area contributed by atoms with E-state index < -0.39 is 0 Å². The van der Waals surface area contributed by atoms with Crippen molar-refractivity contribution in [1.29, 1.82) is 0 Å². The van der Waals surface area contributed by atoms with E-state index in [0.29, 0.717) is 17.8 Å². The zero-order chi connectivity index (χ0) is 8.13. The first-order chi connectivity index (χ1) is 5.86. The Balaban J connectivity index is 1.85. The van der Waals surface area contributed by atoms with Gasteiger partial charge in [-0.25, -0.2) is 0 Å². The second-order valence-electron chi connectivity index (χ2n) is 4.08. The minimum atomic E-state index is 0.0373. The highest BCUT2D eigenvalue weighted by Crippen LogP contribution is 2.47. The molecule has 0 bridgehead atoms. The van der Waals surface area contributed by atoms with Crippen LogP contribution in [0.3, 0.4) is 0 Å². The van der Waals surface area contributed by atoms with E-state index in [1.54, 1.807) is 0 Å². The molecule has 12 heavy (non-hydrogen) atoms. The van der Waals surface area contributed by atoms with E-state index in [9.17, 15) is 0 Å². The lowest BCUT2D eigenvalue weighted by Gasteiger charge is -2.15. The summed E-state index contributed by atoms with van der Waals surface area (Å²) in [6, 6.07) is 0. The maximum Gasteiger partial charge on any atom is 0.164 e. The van der Waals surface area contributed by atoms with Gasteiger partial charge in [0.1, 0.15) is 0 Å². The molecule has 3 saturated heterocycles. The molecule has 0 unspecified atom stereocenters. The minimum Gasteiger partial charge on any atom is -0.352 e. The van der Waals surface area contributed by atoms with Gasteiger partial charge in [-0.1, -0.05) is 6.92 Å². The van der Waals surface area contributed by atoms with E-state index in [4.69, 9.17) is 14.2 Å². The monoisotopic (exact) mass is 170 g/mol. The maximum atomic E-state index is 5.64. The average molecular weight is 170 g/mol. The fourth-order valence-electron chi connectivity index (χ4n) is 2.72. The fraction of sp³-hybridized carbons (Fsp3) is 1.00. The molecular weight excluding hydrogens is 156 g/mol. The van der Waals surface area contributed by atoms with Crippen molar-refractivity contribution in [3.8, 4) is 0 Å². The van der Waals surface area contributed by atoms with Crippen LogP contribution in [-0.2, 0) is 14.2 Å². The fourth-order valence-corrected chi connectivity index (χ4v) is 2.72.